The van der Waals surface area contributed by atoms with Gasteiger partial charge in [-0.1, -0.05) is 0 Å². The molecule has 0 bridgehead atoms. The molecular weight excluding hydrogens is 222 g/mol. The Morgan fingerprint density at radius 1 is 1.41 bits per heavy atom. The minimum Gasteiger partial charge on any atom is -0.396 e. The van der Waals surface area contributed by atoms with E-state index in [1.54, 1.807) is 31.3 Å². The van der Waals surface area contributed by atoms with Gasteiger partial charge in [0, 0.05) is 20.3 Å². The number of amides is 1. The number of hydrogen-bond acceptors (Lipinski definition) is 5. The molecule has 0 saturated heterocycles. The summed E-state index contributed by atoms with van der Waals surface area (Å²) >= 11 is 0. The molecule has 0 atom stereocenters. The van der Waals surface area contributed by atoms with Crippen molar-refractivity contribution >= 4 is 11.6 Å². The van der Waals surface area contributed by atoms with E-state index in [1.807, 2.05) is 0 Å². The molecule has 2 heterocycles. The fourth-order valence-corrected chi connectivity index (χ4v) is 1.39. The zero-order valence-corrected chi connectivity index (χ0v) is 9.58. The van der Waals surface area contributed by atoms with Crippen LogP contribution in [0.25, 0.3) is 0 Å². The Kier molecular flexibility index (Phi) is 2.77. The first-order valence-corrected chi connectivity index (χ1v) is 4.98. The highest BCUT2D eigenvalue weighted by atomic mass is 16.2. The van der Waals surface area contributed by atoms with Crippen LogP contribution in [0.2, 0.25) is 0 Å². The van der Waals surface area contributed by atoms with Crippen molar-refractivity contribution in [1.29, 1.82) is 0 Å². The van der Waals surface area contributed by atoms with Gasteiger partial charge < -0.3 is 11.1 Å². The van der Waals surface area contributed by atoms with Crippen molar-refractivity contribution in [3.05, 3.63) is 24.0 Å². The Morgan fingerprint density at radius 2 is 2.18 bits per heavy atom. The van der Waals surface area contributed by atoms with Gasteiger partial charge in [-0.3, -0.25) is 14.2 Å². The number of anilines is 1. The number of aryl methyl sites for hydroxylation is 2. The lowest BCUT2D eigenvalue weighted by Crippen LogP contribution is -2.24. The largest absolute Gasteiger partial charge is 0.396 e. The second-order valence-corrected chi connectivity index (χ2v) is 3.62. The molecule has 90 valence electrons. The summed E-state index contributed by atoms with van der Waals surface area (Å²) in [5.74, 6) is 0.200. The Bertz CT molecular complexity index is 541. The van der Waals surface area contributed by atoms with Gasteiger partial charge in [0.1, 0.15) is 6.33 Å². The summed E-state index contributed by atoms with van der Waals surface area (Å²) in [5, 5.41) is 10.6. The maximum absolute atomic E-state index is 11.7. The van der Waals surface area contributed by atoms with Crippen LogP contribution in [0.4, 0.5) is 5.69 Å². The normalized spacial score (nSPS) is 10.5. The van der Waals surface area contributed by atoms with E-state index >= 15 is 0 Å². The Morgan fingerprint density at radius 3 is 2.71 bits per heavy atom. The summed E-state index contributed by atoms with van der Waals surface area (Å²) < 4.78 is 3.06. The van der Waals surface area contributed by atoms with Gasteiger partial charge in [0.05, 0.1) is 12.2 Å². The maximum atomic E-state index is 11.7. The predicted octanol–water partition coefficient (Wildman–Crippen LogP) is -0.939. The smallest absolute Gasteiger partial charge is 0.274 e. The standard InChI is InChI=1S/C9H13N7O/c1-15-4-6(10)8(14-15)9(17)11-3-7-12-5-16(2)13-7/h4-5H,3,10H2,1-2H3,(H,11,17). The van der Waals surface area contributed by atoms with E-state index in [0.717, 1.165) is 0 Å². The molecule has 0 aromatic carbocycles. The van der Waals surface area contributed by atoms with Gasteiger partial charge in [-0.2, -0.15) is 10.2 Å². The molecule has 0 unspecified atom stereocenters. The van der Waals surface area contributed by atoms with Gasteiger partial charge in [-0.25, -0.2) is 4.98 Å². The topological polar surface area (TPSA) is 104 Å². The zero-order valence-electron chi connectivity index (χ0n) is 9.58. The van der Waals surface area contributed by atoms with Gasteiger partial charge in [0.15, 0.2) is 11.5 Å². The fraction of sp³-hybridized carbons (Fsp3) is 0.333. The lowest BCUT2D eigenvalue weighted by atomic mass is 10.3. The van der Waals surface area contributed by atoms with Crippen LogP contribution in [-0.4, -0.2) is 30.5 Å². The highest BCUT2D eigenvalue weighted by molar-refractivity contribution is 5.96. The summed E-state index contributed by atoms with van der Waals surface area (Å²) in [4.78, 5) is 15.7. The first-order chi connectivity index (χ1) is 8.06. The van der Waals surface area contributed by atoms with Crippen LogP contribution in [-0.2, 0) is 20.6 Å². The van der Waals surface area contributed by atoms with Crippen molar-refractivity contribution in [3.8, 4) is 0 Å². The summed E-state index contributed by atoms with van der Waals surface area (Å²) in [5.41, 5.74) is 6.19. The number of nitrogens with zero attached hydrogens (tertiary/aromatic N) is 5. The van der Waals surface area contributed by atoms with Crippen LogP contribution in [0.5, 0.6) is 0 Å². The third-order valence-corrected chi connectivity index (χ3v) is 2.13. The van der Waals surface area contributed by atoms with Crippen molar-refractivity contribution in [2.24, 2.45) is 14.1 Å². The van der Waals surface area contributed by atoms with Crippen LogP contribution in [0.3, 0.4) is 0 Å². The summed E-state index contributed by atoms with van der Waals surface area (Å²) in [6.45, 7) is 0.246. The Balaban J connectivity index is 2.00. The lowest BCUT2D eigenvalue weighted by molar-refractivity contribution is 0.0945. The summed E-state index contributed by atoms with van der Waals surface area (Å²) in [6, 6.07) is 0. The number of aromatic nitrogens is 5. The molecule has 0 radical (unpaired) electrons. The van der Waals surface area contributed by atoms with Crippen LogP contribution in [0.15, 0.2) is 12.5 Å². The molecule has 0 saturated carbocycles. The molecule has 2 aromatic rings. The van der Waals surface area contributed by atoms with Crippen molar-refractivity contribution in [2.75, 3.05) is 5.73 Å². The second kappa shape index (κ2) is 4.24. The fourth-order valence-electron chi connectivity index (χ4n) is 1.39. The number of hydrogen-bond donors (Lipinski definition) is 2. The van der Waals surface area contributed by atoms with E-state index in [-0.39, 0.29) is 18.1 Å². The molecule has 1 amide bonds. The minimum absolute atomic E-state index is 0.212. The van der Waals surface area contributed by atoms with Gasteiger partial charge in [0.25, 0.3) is 5.91 Å². The second-order valence-electron chi connectivity index (χ2n) is 3.62. The number of rotatable bonds is 3. The molecule has 2 aromatic heterocycles. The molecule has 17 heavy (non-hydrogen) atoms. The molecule has 0 aliphatic rings. The highest BCUT2D eigenvalue weighted by Gasteiger charge is 2.14. The molecule has 0 aliphatic carbocycles. The lowest BCUT2D eigenvalue weighted by Gasteiger charge is -2.00. The molecule has 0 spiro atoms. The van der Waals surface area contributed by atoms with E-state index in [4.69, 9.17) is 5.73 Å². The van der Waals surface area contributed by atoms with E-state index in [2.05, 4.69) is 20.5 Å². The SMILES string of the molecule is Cn1cnc(CNC(=O)c2nn(C)cc2N)n1. The molecule has 8 heteroatoms. The monoisotopic (exact) mass is 235 g/mol. The van der Waals surface area contributed by atoms with E-state index in [9.17, 15) is 4.79 Å². The van der Waals surface area contributed by atoms with Crippen molar-refractivity contribution < 1.29 is 4.79 Å². The number of nitrogens with one attached hydrogen (secondary N) is 1. The molecule has 8 nitrogen and oxygen atoms in total. The minimum atomic E-state index is -0.337. The number of nitrogens with two attached hydrogens (primary N) is 1. The van der Waals surface area contributed by atoms with Crippen LogP contribution in [0, 0.1) is 0 Å². The first kappa shape index (κ1) is 11.1. The van der Waals surface area contributed by atoms with Crippen molar-refractivity contribution in [2.45, 2.75) is 6.54 Å². The molecule has 3 N–H and O–H groups in total. The van der Waals surface area contributed by atoms with Crippen LogP contribution in [0.1, 0.15) is 16.3 Å². The number of carbonyl (C=O) groups is 1. The van der Waals surface area contributed by atoms with E-state index in [1.165, 1.54) is 4.68 Å². The average Bonchev–Trinajstić information content (AvgIpc) is 2.81. The van der Waals surface area contributed by atoms with Gasteiger partial charge in [-0.15, -0.1) is 0 Å². The maximum Gasteiger partial charge on any atom is 0.274 e. The number of carbonyl (C=O) groups excluding carboxylic acids is 1. The Labute approximate surface area is 97.4 Å². The summed E-state index contributed by atoms with van der Waals surface area (Å²) in [6.07, 6.45) is 3.14. The van der Waals surface area contributed by atoms with Gasteiger partial charge in [-0.05, 0) is 0 Å². The molecule has 0 fully saturated rings. The highest BCUT2D eigenvalue weighted by Crippen LogP contribution is 2.07. The quantitative estimate of drug-likeness (QED) is 0.714. The molecule has 0 aliphatic heterocycles. The van der Waals surface area contributed by atoms with Crippen LogP contribution >= 0.6 is 0 Å². The number of nitrogen functional groups attached to an aromatic ring is 1. The zero-order chi connectivity index (χ0) is 12.4. The van der Waals surface area contributed by atoms with Crippen molar-refractivity contribution in [3.63, 3.8) is 0 Å². The third kappa shape index (κ3) is 2.41. The van der Waals surface area contributed by atoms with Gasteiger partial charge >= 0.3 is 0 Å². The predicted molar refractivity (Wildman–Crippen MR) is 59.8 cm³/mol. The van der Waals surface area contributed by atoms with Crippen LogP contribution < -0.4 is 11.1 Å². The third-order valence-electron chi connectivity index (χ3n) is 2.13. The first-order valence-electron chi connectivity index (χ1n) is 4.98. The molecular formula is C9H13N7O. The van der Waals surface area contributed by atoms with E-state index < -0.39 is 0 Å². The summed E-state index contributed by atoms with van der Waals surface area (Å²) in [7, 11) is 3.46. The Hall–Kier alpha value is -2.38. The average molecular weight is 235 g/mol. The van der Waals surface area contributed by atoms with Gasteiger partial charge in [0.2, 0.25) is 0 Å². The van der Waals surface area contributed by atoms with E-state index in [0.29, 0.717) is 11.5 Å². The molecule has 2 rings (SSSR count). The van der Waals surface area contributed by atoms with Crippen molar-refractivity contribution in [1.82, 2.24) is 29.9 Å².